The van der Waals surface area contributed by atoms with Crippen LogP contribution in [0.5, 0.6) is 0 Å². The lowest BCUT2D eigenvalue weighted by Gasteiger charge is -2.17. The molecule has 0 saturated carbocycles. The van der Waals surface area contributed by atoms with Gasteiger partial charge in [-0.25, -0.2) is 9.78 Å². The van der Waals surface area contributed by atoms with Gasteiger partial charge in [-0.15, -0.1) is 0 Å². The maximum atomic E-state index is 11.6. The number of hydrogen-bond acceptors (Lipinski definition) is 7. The highest BCUT2D eigenvalue weighted by atomic mass is 32.1. The van der Waals surface area contributed by atoms with Gasteiger partial charge in [0, 0.05) is 6.54 Å². The molecule has 0 bridgehead atoms. The number of aromatic nitrogens is 1. The maximum absolute atomic E-state index is 11.6. The molecule has 23 heavy (non-hydrogen) atoms. The highest BCUT2D eigenvalue weighted by Crippen LogP contribution is 2.28. The summed E-state index contributed by atoms with van der Waals surface area (Å²) < 4.78 is 5.02. The number of nitrogens with two attached hydrogens (primary N) is 1. The second kappa shape index (κ2) is 7.91. The normalized spacial score (nSPS) is 13.3. The van der Waals surface area contributed by atoms with Gasteiger partial charge in [-0.2, -0.15) is 0 Å². The zero-order chi connectivity index (χ0) is 16.8. The first-order chi connectivity index (χ1) is 11.0. The van der Waals surface area contributed by atoms with Crippen LogP contribution in [0.4, 0.5) is 9.93 Å². The van der Waals surface area contributed by atoms with Crippen molar-refractivity contribution >= 4 is 22.6 Å². The van der Waals surface area contributed by atoms with Crippen molar-refractivity contribution < 1.29 is 19.7 Å². The van der Waals surface area contributed by atoms with Crippen molar-refractivity contribution in [1.82, 2.24) is 10.3 Å². The fraction of sp³-hybridized carbons (Fsp3) is 0.333. The summed E-state index contributed by atoms with van der Waals surface area (Å²) in [5.74, 6) is 0. The number of anilines is 1. The summed E-state index contributed by atoms with van der Waals surface area (Å²) in [5.41, 5.74) is 6.98. The van der Waals surface area contributed by atoms with Gasteiger partial charge in [0.25, 0.3) is 0 Å². The van der Waals surface area contributed by atoms with Crippen molar-refractivity contribution in [2.75, 3.05) is 12.3 Å². The number of aliphatic hydroxyl groups is 2. The van der Waals surface area contributed by atoms with Crippen molar-refractivity contribution in [3.05, 3.63) is 46.5 Å². The number of nitrogens with zero attached hydrogens (tertiary/aromatic N) is 1. The second-order valence-corrected chi connectivity index (χ2v) is 6.02. The molecule has 0 spiro atoms. The number of nitrogen functional groups attached to an aromatic ring is 1. The monoisotopic (exact) mass is 337 g/mol. The SMILES string of the molecule is Cc1nc(N)sc1C(O)C(O)CNC(=O)OCc1ccccc1. The summed E-state index contributed by atoms with van der Waals surface area (Å²) in [5, 5.41) is 22.8. The van der Waals surface area contributed by atoms with Gasteiger partial charge in [-0.05, 0) is 12.5 Å². The van der Waals surface area contributed by atoms with Gasteiger partial charge in [-0.1, -0.05) is 41.7 Å². The van der Waals surface area contributed by atoms with E-state index in [0.717, 1.165) is 16.9 Å². The van der Waals surface area contributed by atoms with E-state index in [-0.39, 0.29) is 13.2 Å². The Morgan fingerprint density at radius 2 is 2.09 bits per heavy atom. The third-order valence-corrected chi connectivity index (χ3v) is 4.21. The number of amides is 1. The van der Waals surface area contributed by atoms with Crippen LogP contribution in [0.25, 0.3) is 0 Å². The van der Waals surface area contributed by atoms with Crippen LogP contribution < -0.4 is 11.1 Å². The molecule has 0 saturated heterocycles. The summed E-state index contributed by atoms with van der Waals surface area (Å²) in [6, 6.07) is 9.24. The summed E-state index contributed by atoms with van der Waals surface area (Å²) in [4.78, 5) is 16.1. The van der Waals surface area contributed by atoms with Gasteiger partial charge in [0.1, 0.15) is 18.8 Å². The van der Waals surface area contributed by atoms with E-state index in [1.54, 1.807) is 6.92 Å². The van der Waals surface area contributed by atoms with E-state index in [1.807, 2.05) is 30.3 Å². The average molecular weight is 337 g/mol. The summed E-state index contributed by atoms with van der Waals surface area (Å²) in [6.07, 6.45) is -3.02. The zero-order valence-electron chi connectivity index (χ0n) is 12.6. The molecular weight excluding hydrogens is 318 g/mol. The lowest BCUT2D eigenvalue weighted by molar-refractivity contribution is 0.0200. The minimum atomic E-state index is -1.18. The number of aryl methyl sites for hydroxylation is 1. The van der Waals surface area contributed by atoms with Gasteiger partial charge in [0.15, 0.2) is 5.13 Å². The molecular formula is C15H19N3O4S. The average Bonchev–Trinajstić information content (AvgIpc) is 2.89. The predicted octanol–water partition coefficient (Wildman–Crippen LogP) is 1.35. The lowest BCUT2D eigenvalue weighted by atomic mass is 10.1. The molecule has 1 aromatic heterocycles. The summed E-state index contributed by atoms with van der Waals surface area (Å²) in [6.45, 7) is 1.68. The van der Waals surface area contributed by atoms with E-state index in [4.69, 9.17) is 10.5 Å². The number of rotatable bonds is 6. The molecule has 8 heteroatoms. The number of benzene rings is 1. The van der Waals surface area contributed by atoms with Gasteiger partial charge in [0.2, 0.25) is 0 Å². The molecule has 7 nitrogen and oxygen atoms in total. The Bertz CT molecular complexity index is 647. The largest absolute Gasteiger partial charge is 0.445 e. The van der Waals surface area contributed by atoms with E-state index < -0.39 is 18.3 Å². The molecule has 2 unspecified atom stereocenters. The molecule has 5 N–H and O–H groups in total. The minimum Gasteiger partial charge on any atom is -0.445 e. The third kappa shape index (κ3) is 4.92. The van der Waals surface area contributed by atoms with Crippen molar-refractivity contribution in [2.45, 2.75) is 25.7 Å². The number of thiazole rings is 1. The number of alkyl carbamates (subject to hydrolysis) is 1. The van der Waals surface area contributed by atoms with Crippen molar-refractivity contribution in [1.29, 1.82) is 0 Å². The Morgan fingerprint density at radius 1 is 1.39 bits per heavy atom. The number of aliphatic hydroxyl groups excluding tert-OH is 2. The summed E-state index contributed by atoms with van der Waals surface area (Å²) >= 11 is 1.11. The molecule has 1 aromatic carbocycles. The number of carbonyl (C=O) groups is 1. The number of nitrogens with one attached hydrogen (secondary N) is 1. The van der Waals surface area contributed by atoms with Gasteiger partial charge in [-0.3, -0.25) is 0 Å². The van der Waals surface area contributed by atoms with Crippen molar-refractivity contribution in [3.63, 3.8) is 0 Å². The molecule has 0 radical (unpaired) electrons. The van der Waals surface area contributed by atoms with Gasteiger partial charge in [0.05, 0.1) is 10.6 Å². The Morgan fingerprint density at radius 3 is 2.70 bits per heavy atom. The second-order valence-electron chi connectivity index (χ2n) is 4.96. The molecule has 2 aromatic rings. The third-order valence-electron chi connectivity index (χ3n) is 3.15. The Kier molecular flexibility index (Phi) is 5.91. The molecule has 0 aliphatic carbocycles. The van der Waals surface area contributed by atoms with Crippen molar-refractivity contribution in [2.24, 2.45) is 0 Å². The maximum Gasteiger partial charge on any atom is 0.407 e. The van der Waals surface area contributed by atoms with Crippen LogP contribution in [-0.4, -0.2) is 33.9 Å². The van der Waals surface area contributed by atoms with E-state index in [2.05, 4.69) is 10.3 Å². The van der Waals surface area contributed by atoms with Gasteiger partial charge >= 0.3 is 6.09 Å². The molecule has 0 aliphatic rings. The predicted molar refractivity (Wildman–Crippen MR) is 86.9 cm³/mol. The fourth-order valence-corrected chi connectivity index (χ4v) is 2.83. The van der Waals surface area contributed by atoms with Crippen LogP contribution in [0.15, 0.2) is 30.3 Å². The highest BCUT2D eigenvalue weighted by molar-refractivity contribution is 7.15. The molecule has 2 atom stereocenters. The zero-order valence-corrected chi connectivity index (χ0v) is 13.4. The number of ether oxygens (including phenoxy) is 1. The first-order valence-electron chi connectivity index (χ1n) is 7.01. The van der Waals surface area contributed by atoms with E-state index in [0.29, 0.717) is 15.7 Å². The quantitative estimate of drug-likeness (QED) is 0.632. The molecule has 0 aliphatic heterocycles. The van der Waals surface area contributed by atoms with E-state index in [1.165, 1.54) is 0 Å². The van der Waals surface area contributed by atoms with Crippen LogP contribution in [0.3, 0.4) is 0 Å². The number of hydrogen-bond donors (Lipinski definition) is 4. The first kappa shape index (κ1) is 17.2. The first-order valence-corrected chi connectivity index (χ1v) is 7.82. The van der Waals surface area contributed by atoms with E-state index >= 15 is 0 Å². The molecule has 124 valence electrons. The smallest absolute Gasteiger partial charge is 0.407 e. The van der Waals surface area contributed by atoms with Gasteiger partial charge < -0.3 is 26.0 Å². The standard InChI is InChI=1S/C15H19N3O4S/c1-9-13(23-14(16)18-9)12(20)11(19)7-17-15(21)22-8-10-5-3-2-4-6-10/h2-6,11-12,19-20H,7-8H2,1H3,(H2,16,18)(H,17,21). The van der Waals surface area contributed by atoms with Crippen molar-refractivity contribution in [3.8, 4) is 0 Å². The topological polar surface area (TPSA) is 118 Å². The van der Waals surface area contributed by atoms with Crippen LogP contribution in [0, 0.1) is 6.92 Å². The lowest BCUT2D eigenvalue weighted by Crippen LogP contribution is -2.35. The summed E-state index contributed by atoms with van der Waals surface area (Å²) in [7, 11) is 0. The molecule has 0 fully saturated rings. The van der Waals surface area contributed by atoms with Crippen LogP contribution >= 0.6 is 11.3 Å². The van der Waals surface area contributed by atoms with Crippen LogP contribution in [-0.2, 0) is 11.3 Å². The Hall–Kier alpha value is -2.16. The molecule has 1 heterocycles. The van der Waals surface area contributed by atoms with E-state index in [9.17, 15) is 15.0 Å². The minimum absolute atomic E-state index is 0.135. The van der Waals surface area contributed by atoms with Crippen LogP contribution in [0.1, 0.15) is 22.2 Å². The highest BCUT2D eigenvalue weighted by Gasteiger charge is 2.23. The van der Waals surface area contributed by atoms with Crippen LogP contribution in [0.2, 0.25) is 0 Å². The molecule has 2 rings (SSSR count). The Labute approximate surface area is 137 Å². The Balaban J connectivity index is 1.78. The fourth-order valence-electron chi connectivity index (χ4n) is 1.95. The number of carbonyl (C=O) groups excluding carboxylic acids is 1. The molecule has 1 amide bonds.